The van der Waals surface area contributed by atoms with Gasteiger partial charge in [-0.05, 0) is 14.1 Å². The number of rotatable bonds is 0. The Labute approximate surface area is 140 Å². The van der Waals surface area contributed by atoms with Crippen molar-refractivity contribution in [2.24, 2.45) is 0 Å². The molecule has 0 amide bonds. The third kappa shape index (κ3) is 197. The summed E-state index contributed by atoms with van der Waals surface area (Å²) in [5.41, 5.74) is 0. The van der Waals surface area contributed by atoms with E-state index in [9.17, 15) is 0 Å². The zero-order chi connectivity index (χ0) is 8.08. The van der Waals surface area contributed by atoms with E-state index in [0.29, 0.717) is 0 Å². The molecule has 12 heavy (non-hydrogen) atoms. The van der Waals surface area contributed by atoms with E-state index in [4.69, 9.17) is 19.2 Å². The fourth-order valence-corrected chi connectivity index (χ4v) is 0. The Kier molecular flexibility index (Phi) is 40.6. The minimum Gasteiger partial charge on any atom is -0.822 e. The van der Waals surface area contributed by atoms with Crippen molar-refractivity contribution >= 4 is 15.8 Å². The molecule has 0 unspecified atom stereocenters. The molecule has 0 fully saturated rings. The minimum atomic E-state index is -5.39. The largest absolute Gasteiger partial charge is 1.00 e. The quantitative estimate of drug-likeness (QED) is 0.299. The van der Waals surface area contributed by atoms with Gasteiger partial charge >= 0.3 is 88.7 Å². The van der Waals surface area contributed by atoms with Crippen molar-refractivity contribution in [1.29, 1.82) is 0 Å². The van der Waals surface area contributed by atoms with Gasteiger partial charge < -0.3 is 24.1 Å². The summed E-state index contributed by atoms with van der Waals surface area (Å²) in [6.07, 6.45) is 0. The first-order valence-corrected chi connectivity index (χ1v) is 3.53. The first kappa shape index (κ1) is 29.4. The fraction of sp³-hybridized carbons (Fsp3) is 1.00. The summed E-state index contributed by atoms with van der Waals surface area (Å²) in [5.74, 6) is 0. The molecular formula is C2H8BNNa3O4P. The third-order valence-electron chi connectivity index (χ3n) is 0. The van der Waals surface area contributed by atoms with Gasteiger partial charge in [0.15, 0.2) is 7.98 Å². The molecule has 0 aromatic heterocycles. The molecule has 5 nitrogen and oxygen atoms in total. The van der Waals surface area contributed by atoms with Crippen molar-refractivity contribution in [3.05, 3.63) is 0 Å². The summed E-state index contributed by atoms with van der Waals surface area (Å²) in [6.45, 7) is 0. The Bertz CT molecular complexity index is 99.5. The molecule has 0 aliphatic heterocycles. The predicted molar refractivity (Wildman–Crippen MR) is 29.8 cm³/mol. The molecule has 0 aromatic rings. The molecule has 0 aliphatic rings. The van der Waals surface area contributed by atoms with Gasteiger partial charge in [0.2, 0.25) is 0 Å². The van der Waals surface area contributed by atoms with Crippen molar-refractivity contribution in [2.45, 2.75) is 0 Å². The van der Waals surface area contributed by atoms with E-state index in [1.165, 1.54) is 0 Å². The maximum atomic E-state index is 8.55. The molecule has 0 aliphatic carbocycles. The van der Waals surface area contributed by atoms with E-state index in [-0.39, 0.29) is 88.7 Å². The van der Waals surface area contributed by atoms with Gasteiger partial charge in [0.25, 0.3) is 0 Å². The topological polar surface area (TPSA) is 89.5 Å². The van der Waals surface area contributed by atoms with Gasteiger partial charge in [-0.25, -0.2) is 0 Å². The Morgan fingerprint density at radius 1 is 1.08 bits per heavy atom. The van der Waals surface area contributed by atoms with Crippen molar-refractivity contribution in [3.63, 3.8) is 0 Å². The van der Waals surface area contributed by atoms with E-state index >= 15 is 0 Å². The fourth-order valence-electron chi connectivity index (χ4n) is 0. The van der Waals surface area contributed by atoms with Gasteiger partial charge in [-0.15, -0.1) is 0 Å². The normalized spacial score (nSPS) is 7.83. The van der Waals surface area contributed by atoms with Crippen LogP contribution in [0, 0.1) is 0 Å². The van der Waals surface area contributed by atoms with Crippen molar-refractivity contribution in [1.82, 2.24) is 4.81 Å². The first-order chi connectivity index (χ1) is 3.73. The van der Waals surface area contributed by atoms with Crippen molar-refractivity contribution in [3.8, 4) is 0 Å². The van der Waals surface area contributed by atoms with E-state index in [1.54, 1.807) is 0 Å². The van der Waals surface area contributed by atoms with Gasteiger partial charge in [-0.2, -0.15) is 7.82 Å². The molecule has 0 N–H and O–H groups in total. The van der Waals surface area contributed by atoms with Crippen LogP contribution in [0.4, 0.5) is 0 Å². The van der Waals surface area contributed by atoms with Crippen LogP contribution in [0.25, 0.3) is 0 Å². The van der Waals surface area contributed by atoms with Crippen LogP contribution in [0.5, 0.6) is 0 Å². The molecule has 0 spiro atoms. The van der Waals surface area contributed by atoms with Gasteiger partial charge in [-0.1, -0.05) is 0 Å². The van der Waals surface area contributed by atoms with Crippen LogP contribution in [0.3, 0.4) is 0 Å². The maximum absolute atomic E-state index is 8.55. The standard InChI is InChI=1S/C2H8BN.3Na.H3O4P/c1-4(2)3;;;;1-5(2,3)4/h3H2,1-2H3;;;;(H3,1,2,3,4)/q;3*+1;/p-3. The first-order valence-electron chi connectivity index (χ1n) is 2.07. The number of hydrogen-bond acceptors (Lipinski definition) is 5. The van der Waals surface area contributed by atoms with E-state index in [2.05, 4.69) is 0 Å². The van der Waals surface area contributed by atoms with Crippen LogP contribution < -0.4 is 103 Å². The zero-order valence-electron chi connectivity index (χ0n) is 8.53. The van der Waals surface area contributed by atoms with Crippen molar-refractivity contribution < 1.29 is 108 Å². The smallest absolute Gasteiger partial charge is 0.822 e. The van der Waals surface area contributed by atoms with Crippen LogP contribution >= 0.6 is 7.82 Å². The average Bonchev–Trinajstić information content (AvgIpc) is 1.19. The molecule has 0 aromatic carbocycles. The molecule has 0 bridgehead atoms. The molecule has 0 heterocycles. The van der Waals surface area contributed by atoms with Crippen LogP contribution in [0.15, 0.2) is 0 Å². The van der Waals surface area contributed by atoms with Crippen LogP contribution in [0.2, 0.25) is 0 Å². The summed E-state index contributed by atoms with van der Waals surface area (Å²) in [6, 6.07) is 0. The molecule has 0 saturated carbocycles. The second kappa shape index (κ2) is 16.6. The molecule has 0 saturated heterocycles. The second-order valence-electron chi connectivity index (χ2n) is 1.79. The Balaban J connectivity index is -0.0000000221. The van der Waals surface area contributed by atoms with Crippen molar-refractivity contribution in [2.75, 3.05) is 14.1 Å². The molecular weight excluding hydrogens is 213 g/mol. The molecule has 0 radical (unpaired) electrons. The zero-order valence-corrected chi connectivity index (χ0v) is 15.4. The van der Waals surface area contributed by atoms with Crippen LogP contribution in [-0.4, -0.2) is 26.9 Å². The van der Waals surface area contributed by atoms with Crippen LogP contribution in [0.1, 0.15) is 0 Å². The number of phosphoric acid groups is 1. The Morgan fingerprint density at radius 3 is 1.08 bits per heavy atom. The molecule has 56 valence electrons. The predicted octanol–water partition coefficient (Wildman–Crippen LogP) is -12.7. The van der Waals surface area contributed by atoms with E-state index in [0.717, 1.165) is 0 Å². The minimum absolute atomic E-state index is 0. The molecule has 10 heteroatoms. The summed E-state index contributed by atoms with van der Waals surface area (Å²) in [5, 5.41) is 0. The maximum Gasteiger partial charge on any atom is 1.00 e. The third-order valence-corrected chi connectivity index (χ3v) is 0. The van der Waals surface area contributed by atoms with E-state index < -0.39 is 7.82 Å². The monoisotopic (exact) mass is 221 g/mol. The SMILES string of the molecule is BN(C)C.O=P([O-])([O-])[O-].[Na+].[Na+].[Na+]. The summed E-state index contributed by atoms with van der Waals surface area (Å²) >= 11 is 0. The summed E-state index contributed by atoms with van der Waals surface area (Å²) in [7, 11) is 0.611. The van der Waals surface area contributed by atoms with Gasteiger partial charge in [-0.3, -0.25) is 0 Å². The van der Waals surface area contributed by atoms with Gasteiger partial charge in [0, 0.05) is 0 Å². The number of hydrogen-bond donors (Lipinski definition) is 0. The Morgan fingerprint density at radius 2 is 1.08 bits per heavy atom. The summed E-state index contributed by atoms with van der Waals surface area (Å²) in [4.78, 5) is 27.6. The van der Waals surface area contributed by atoms with Gasteiger partial charge in [0.05, 0.1) is 0 Å². The molecule has 0 atom stereocenters. The Hall–Kier alpha value is 3.13. The van der Waals surface area contributed by atoms with E-state index in [1.807, 2.05) is 26.9 Å². The van der Waals surface area contributed by atoms with Gasteiger partial charge in [0.1, 0.15) is 0 Å². The molecule has 0 rings (SSSR count). The summed E-state index contributed by atoms with van der Waals surface area (Å²) < 4.78 is 8.55. The second-order valence-corrected chi connectivity index (χ2v) is 2.68. The van der Waals surface area contributed by atoms with Crippen LogP contribution in [-0.2, 0) is 4.57 Å². The average molecular weight is 221 g/mol. The number of nitrogens with zero attached hydrogens (tertiary/aromatic N) is 1.